The van der Waals surface area contributed by atoms with Crippen LogP contribution >= 0.6 is 0 Å². The zero-order valence-electron chi connectivity index (χ0n) is 10.8. The first-order valence-corrected chi connectivity index (χ1v) is 6.27. The first-order valence-electron chi connectivity index (χ1n) is 6.27. The molecule has 0 radical (unpaired) electrons. The van der Waals surface area contributed by atoms with Crippen molar-refractivity contribution in [1.82, 2.24) is 5.32 Å². The minimum absolute atomic E-state index is 0.157. The molecule has 94 valence electrons. The van der Waals surface area contributed by atoms with Crippen molar-refractivity contribution in [2.24, 2.45) is 0 Å². The molecule has 0 aliphatic heterocycles. The Kier molecular flexibility index (Phi) is 5.95. The molecule has 0 saturated carbocycles. The van der Waals surface area contributed by atoms with Crippen molar-refractivity contribution in [3.8, 4) is 0 Å². The van der Waals surface area contributed by atoms with Gasteiger partial charge in [-0.1, -0.05) is 55.8 Å². The van der Waals surface area contributed by atoms with E-state index in [1.54, 1.807) is 0 Å². The van der Waals surface area contributed by atoms with Crippen molar-refractivity contribution in [1.29, 1.82) is 0 Å². The second kappa shape index (κ2) is 7.25. The van der Waals surface area contributed by atoms with Crippen LogP contribution < -0.4 is 5.32 Å². The third-order valence-corrected chi connectivity index (χ3v) is 2.91. The summed E-state index contributed by atoms with van der Waals surface area (Å²) in [4.78, 5) is 0. The number of benzene rings is 1. The van der Waals surface area contributed by atoms with Gasteiger partial charge in [-0.05, 0) is 18.9 Å². The van der Waals surface area contributed by atoms with Crippen LogP contribution in [0.5, 0.6) is 0 Å². The second-order valence-electron chi connectivity index (χ2n) is 4.66. The number of aliphatic hydroxyl groups excluding tert-OH is 1. The summed E-state index contributed by atoms with van der Waals surface area (Å²) in [6, 6.07) is 10.2. The quantitative estimate of drug-likeness (QED) is 0.759. The van der Waals surface area contributed by atoms with Gasteiger partial charge in [-0.15, -0.1) is 0 Å². The van der Waals surface area contributed by atoms with Crippen LogP contribution in [-0.2, 0) is 0 Å². The molecule has 2 heteroatoms. The molecule has 0 saturated heterocycles. The Bertz CT molecular complexity index is 334. The second-order valence-corrected chi connectivity index (χ2v) is 4.66. The molecule has 2 nitrogen and oxygen atoms in total. The molecule has 1 atom stereocenters. The highest BCUT2D eigenvalue weighted by molar-refractivity contribution is 5.48. The maximum Gasteiger partial charge on any atom is 0.0610 e. The number of nitrogens with one attached hydrogen (secondary N) is 1. The average Bonchev–Trinajstić information content (AvgIpc) is 2.36. The highest BCUT2D eigenvalue weighted by Crippen LogP contribution is 2.10. The first kappa shape index (κ1) is 13.9. The largest absolute Gasteiger partial charge is 0.394 e. The van der Waals surface area contributed by atoms with E-state index in [4.69, 9.17) is 0 Å². The molecule has 0 amide bonds. The number of hydrogen-bond acceptors (Lipinski definition) is 2. The lowest BCUT2D eigenvalue weighted by Crippen LogP contribution is -2.45. The Hall–Kier alpha value is -1.12. The minimum atomic E-state index is -0.157. The summed E-state index contributed by atoms with van der Waals surface area (Å²) in [5.74, 6) is 0. The van der Waals surface area contributed by atoms with E-state index in [1.165, 1.54) is 5.56 Å². The lowest BCUT2D eigenvalue weighted by molar-refractivity contribution is 0.169. The summed E-state index contributed by atoms with van der Waals surface area (Å²) in [5.41, 5.74) is 1.05. The summed E-state index contributed by atoms with van der Waals surface area (Å²) in [7, 11) is 0. The molecule has 0 bridgehead atoms. The highest BCUT2D eigenvalue weighted by Gasteiger charge is 2.19. The smallest absolute Gasteiger partial charge is 0.0610 e. The van der Waals surface area contributed by atoms with Crippen molar-refractivity contribution >= 4 is 6.08 Å². The van der Waals surface area contributed by atoms with Gasteiger partial charge in [0, 0.05) is 12.1 Å². The Morgan fingerprint density at radius 2 is 2.00 bits per heavy atom. The third-order valence-electron chi connectivity index (χ3n) is 2.91. The van der Waals surface area contributed by atoms with Gasteiger partial charge in [0.15, 0.2) is 0 Å². The van der Waals surface area contributed by atoms with Gasteiger partial charge in [-0.25, -0.2) is 0 Å². The predicted octanol–water partition coefficient (Wildman–Crippen LogP) is 2.84. The van der Waals surface area contributed by atoms with Crippen LogP contribution in [-0.4, -0.2) is 23.8 Å². The van der Waals surface area contributed by atoms with E-state index in [2.05, 4.69) is 43.4 Å². The van der Waals surface area contributed by atoms with Gasteiger partial charge < -0.3 is 10.4 Å². The minimum Gasteiger partial charge on any atom is -0.394 e. The molecule has 17 heavy (non-hydrogen) atoms. The van der Waals surface area contributed by atoms with Crippen molar-refractivity contribution in [3.05, 3.63) is 42.0 Å². The van der Waals surface area contributed by atoms with Gasteiger partial charge >= 0.3 is 0 Å². The van der Waals surface area contributed by atoms with Gasteiger partial charge in [0.05, 0.1) is 6.61 Å². The predicted molar refractivity (Wildman–Crippen MR) is 73.9 cm³/mol. The third kappa shape index (κ3) is 5.16. The van der Waals surface area contributed by atoms with Gasteiger partial charge in [-0.2, -0.15) is 0 Å². The molecule has 0 aliphatic rings. The first-order chi connectivity index (χ1) is 8.20. The van der Waals surface area contributed by atoms with Crippen LogP contribution in [0.4, 0.5) is 0 Å². The molecule has 0 aliphatic carbocycles. The topological polar surface area (TPSA) is 32.3 Å². The zero-order chi connectivity index (χ0) is 12.6. The lowest BCUT2D eigenvalue weighted by Gasteiger charge is -2.27. The van der Waals surface area contributed by atoms with E-state index in [-0.39, 0.29) is 12.1 Å². The number of aliphatic hydroxyl groups is 1. The van der Waals surface area contributed by atoms with Gasteiger partial charge in [0.1, 0.15) is 0 Å². The Balaban J connectivity index is 2.39. The summed E-state index contributed by atoms with van der Waals surface area (Å²) in [6.45, 7) is 5.16. The molecule has 0 heterocycles. The molecule has 0 aromatic heterocycles. The van der Waals surface area contributed by atoms with Crippen molar-refractivity contribution < 1.29 is 5.11 Å². The van der Waals surface area contributed by atoms with E-state index in [1.807, 2.05) is 18.2 Å². The van der Waals surface area contributed by atoms with E-state index in [9.17, 15) is 5.11 Å². The summed E-state index contributed by atoms with van der Waals surface area (Å²) in [6.07, 6.45) is 6.25. The van der Waals surface area contributed by atoms with E-state index >= 15 is 0 Å². The van der Waals surface area contributed by atoms with Crippen LogP contribution in [0.1, 0.15) is 32.3 Å². The lowest BCUT2D eigenvalue weighted by atomic mass is 9.97. The maximum absolute atomic E-state index is 9.35. The van der Waals surface area contributed by atoms with Gasteiger partial charge in [-0.3, -0.25) is 0 Å². The summed E-state index contributed by atoms with van der Waals surface area (Å²) >= 11 is 0. The van der Waals surface area contributed by atoms with Gasteiger partial charge in [0.25, 0.3) is 0 Å². The standard InChI is InChI=1S/C15H23NO/c1-3-11-15(2,13-17)16-12-7-10-14-8-5-4-6-9-14/h4-10,16-17H,3,11-13H2,1-2H3/b10-7+. The SMILES string of the molecule is CCCC(C)(CO)NC/C=C/c1ccccc1. The van der Waals surface area contributed by atoms with Crippen molar-refractivity contribution in [2.45, 2.75) is 32.2 Å². The fourth-order valence-electron chi connectivity index (χ4n) is 1.84. The van der Waals surface area contributed by atoms with Crippen molar-refractivity contribution in [3.63, 3.8) is 0 Å². The molecular weight excluding hydrogens is 210 g/mol. The zero-order valence-corrected chi connectivity index (χ0v) is 10.8. The van der Waals surface area contributed by atoms with Crippen LogP contribution in [0, 0.1) is 0 Å². The molecule has 0 fully saturated rings. The summed E-state index contributed by atoms with van der Waals surface area (Å²) in [5, 5.41) is 12.7. The van der Waals surface area contributed by atoms with Crippen LogP contribution in [0.25, 0.3) is 6.08 Å². The molecule has 1 aromatic rings. The van der Waals surface area contributed by atoms with E-state index in [0.29, 0.717) is 0 Å². The number of hydrogen-bond donors (Lipinski definition) is 2. The van der Waals surface area contributed by atoms with Crippen LogP contribution in [0.3, 0.4) is 0 Å². The normalized spacial score (nSPS) is 15.0. The fourth-order valence-corrected chi connectivity index (χ4v) is 1.84. The molecule has 0 spiro atoms. The van der Waals surface area contributed by atoms with Crippen LogP contribution in [0.15, 0.2) is 36.4 Å². The molecule has 1 rings (SSSR count). The number of rotatable bonds is 7. The molecule has 1 unspecified atom stereocenters. The molecule has 2 N–H and O–H groups in total. The average molecular weight is 233 g/mol. The fraction of sp³-hybridized carbons (Fsp3) is 0.467. The van der Waals surface area contributed by atoms with Crippen LogP contribution in [0.2, 0.25) is 0 Å². The van der Waals surface area contributed by atoms with E-state index in [0.717, 1.165) is 19.4 Å². The Morgan fingerprint density at radius 1 is 1.29 bits per heavy atom. The summed E-state index contributed by atoms with van der Waals surface area (Å²) < 4.78 is 0. The van der Waals surface area contributed by atoms with Gasteiger partial charge in [0.2, 0.25) is 0 Å². The Morgan fingerprint density at radius 3 is 2.59 bits per heavy atom. The highest BCUT2D eigenvalue weighted by atomic mass is 16.3. The van der Waals surface area contributed by atoms with Crippen molar-refractivity contribution in [2.75, 3.05) is 13.2 Å². The van der Waals surface area contributed by atoms with E-state index < -0.39 is 0 Å². The molecular formula is C15H23NO. The Labute approximate surface area is 104 Å². The monoisotopic (exact) mass is 233 g/mol. The maximum atomic E-state index is 9.35. The molecule has 1 aromatic carbocycles.